The molecule has 0 spiro atoms. The monoisotopic (exact) mass is 482 g/mol. The molecule has 0 aliphatic carbocycles. The summed E-state index contributed by atoms with van der Waals surface area (Å²) in [7, 11) is 1.46. The Labute approximate surface area is 197 Å². The van der Waals surface area contributed by atoms with Crippen molar-refractivity contribution in [1.82, 2.24) is 20.1 Å². The highest BCUT2D eigenvalue weighted by Crippen LogP contribution is 2.28. The van der Waals surface area contributed by atoms with Crippen molar-refractivity contribution in [3.05, 3.63) is 88.6 Å². The summed E-state index contributed by atoms with van der Waals surface area (Å²) in [5.74, 6) is -3.31. The lowest BCUT2D eigenvalue weighted by Crippen LogP contribution is -2.18. The number of nitrogens with zero attached hydrogens (tertiary/aromatic N) is 3. The molecule has 172 valence electrons. The zero-order chi connectivity index (χ0) is 24.4. The van der Waals surface area contributed by atoms with Gasteiger partial charge in [0.15, 0.2) is 23.1 Å². The number of carbonyl (C=O) groups is 2. The third-order valence-corrected chi connectivity index (χ3v) is 5.18. The second-order valence-corrected chi connectivity index (χ2v) is 7.48. The van der Waals surface area contributed by atoms with Crippen molar-refractivity contribution < 1.29 is 18.4 Å². The van der Waals surface area contributed by atoms with Crippen LogP contribution in [0.5, 0.6) is 0 Å². The molecule has 0 atom stereocenters. The van der Waals surface area contributed by atoms with E-state index < -0.39 is 29.3 Å². The molecule has 2 heterocycles. The van der Waals surface area contributed by atoms with Crippen LogP contribution in [0.3, 0.4) is 0 Å². The molecule has 8 nitrogen and oxygen atoms in total. The van der Waals surface area contributed by atoms with E-state index in [9.17, 15) is 18.4 Å². The molecule has 4 rings (SSSR count). The molecule has 2 amide bonds. The number of para-hydroxylation sites is 1. The molecule has 34 heavy (non-hydrogen) atoms. The molecule has 0 radical (unpaired) electrons. The van der Waals surface area contributed by atoms with Gasteiger partial charge in [0, 0.05) is 24.7 Å². The zero-order valence-electron chi connectivity index (χ0n) is 17.6. The number of nitrogen functional groups attached to an aromatic ring is 1. The molecule has 11 heteroatoms. The van der Waals surface area contributed by atoms with E-state index in [1.807, 2.05) is 6.07 Å². The Morgan fingerprint density at radius 1 is 1.00 bits per heavy atom. The smallest absolute Gasteiger partial charge is 0.271 e. The van der Waals surface area contributed by atoms with Crippen LogP contribution in [0.4, 0.5) is 20.4 Å². The topological polar surface area (TPSA) is 115 Å². The fraction of sp³-hybridized carbons (Fsp3) is 0.0435. The SMILES string of the molecule is CNC(=O)c1cc(NC(=O)c2cc(-c3nc(N)c(F)cc3F)ccc2Cl)n(-c2ccccc2)n1. The van der Waals surface area contributed by atoms with Gasteiger partial charge in [-0.05, 0) is 24.3 Å². The molecule has 0 saturated heterocycles. The number of amides is 2. The lowest BCUT2D eigenvalue weighted by atomic mass is 10.1. The Morgan fingerprint density at radius 2 is 1.74 bits per heavy atom. The van der Waals surface area contributed by atoms with Gasteiger partial charge in [0.2, 0.25) is 0 Å². The van der Waals surface area contributed by atoms with Crippen molar-refractivity contribution in [1.29, 1.82) is 0 Å². The van der Waals surface area contributed by atoms with Crippen molar-refractivity contribution in [3.63, 3.8) is 0 Å². The van der Waals surface area contributed by atoms with Crippen molar-refractivity contribution in [2.24, 2.45) is 0 Å². The van der Waals surface area contributed by atoms with Gasteiger partial charge in [-0.15, -0.1) is 0 Å². The summed E-state index contributed by atoms with van der Waals surface area (Å²) in [4.78, 5) is 29.0. The first kappa shape index (κ1) is 22.9. The first-order valence-electron chi connectivity index (χ1n) is 9.89. The van der Waals surface area contributed by atoms with Crippen LogP contribution >= 0.6 is 11.6 Å². The number of hydrogen-bond donors (Lipinski definition) is 3. The van der Waals surface area contributed by atoms with E-state index in [2.05, 4.69) is 20.7 Å². The highest BCUT2D eigenvalue weighted by Gasteiger charge is 2.20. The normalized spacial score (nSPS) is 10.7. The van der Waals surface area contributed by atoms with Crippen LogP contribution in [0, 0.1) is 11.6 Å². The number of aromatic nitrogens is 3. The number of rotatable bonds is 5. The highest BCUT2D eigenvalue weighted by atomic mass is 35.5. The maximum Gasteiger partial charge on any atom is 0.271 e. The van der Waals surface area contributed by atoms with Crippen LogP contribution in [-0.4, -0.2) is 33.6 Å². The minimum Gasteiger partial charge on any atom is -0.381 e. The van der Waals surface area contributed by atoms with Crippen LogP contribution in [0.1, 0.15) is 20.8 Å². The Morgan fingerprint density at radius 3 is 2.44 bits per heavy atom. The Balaban J connectivity index is 1.73. The van der Waals surface area contributed by atoms with E-state index in [1.165, 1.54) is 36.0 Å². The van der Waals surface area contributed by atoms with Gasteiger partial charge in [0.05, 0.1) is 16.3 Å². The van der Waals surface area contributed by atoms with Crippen LogP contribution in [0.2, 0.25) is 5.02 Å². The minimum absolute atomic E-state index is 0.00873. The Hall–Kier alpha value is -4.31. The molecule has 2 aromatic heterocycles. The molecule has 0 bridgehead atoms. The van der Waals surface area contributed by atoms with E-state index in [1.54, 1.807) is 24.3 Å². The van der Waals surface area contributed by atoms with Crippen molar-refractivity contribution in [3.8, 4) is 16.9 Å². The van der Waals surface area contributed by atoms with E-state index in [0.29, 0.717) is 11.8 Å². The van der Waals surface area contributed by atoms with Gasteiger partial charge < -0.3 is 16.4 Å². The van der Waals surface area contributed by atoms with Crippen LogP contribution in [-0.2, 0) is 0 Å². The van der Waals surface area contributed by atoms with Crippen molar-refractivity contribution in [2.75, 3.05) is 18.1 Å². The lowest BCUT2D eigenvalue weighted by molar-refractivity contribution is 0.0956. The molecule has 0 saturated carbocycles. The highest BCUT2D eigenvalue weighted by molar-refractivity contribution is 6.34. The average molecular weight is 483 g/mol. The molecule has 0 aliphatic rings. The first-order chi connectivity index (χ1) is 16.3. The van der Waals surface area contributed by atoms with E-state index in [-0.39, 0.29) is 33.4 Å². The van der Waals surface area contributed by atoms with Crippen molar-refractivity contribution in [2.45, 2.75) is 0 Å². The Bertz CT molecular complexity index is 1410. The van der Waals surface area contributed by atoms with E-state index >= 15 is 0 Å². The molecule has 4 aromatic rings. The average Bonchev–Trinajstić information content (AvgIpc) is 3.25. The molecule has 4 N–H and O–H groups in total. The lowest BCUT2D eigenvalue weighted by Gasteiger charge is -2.11. The van der Waals surface area contributed by atoms with E-state index in [0.717, 1.165) is 0 Å². The van der Waals surface area contributed by atoms with E-state index in [4.69, 9.17) is 17.3 Å². The summed E-state index contributed by atoms with van der Waals surface area (Å²) in [5, 5.41) is 9.50. The van der Waals surface area contributed by atoms with Gasteiger partial charge in [0.25, 0.3) is 11.8 Å². The number of nitrogens with two attached hydrogens (primary N) is 1. The zero-order valence-corrected chi connectivity index (χ0v) is 18.4. The van der Waals surface area contributed by atoms with Gasteiger partial charge in [-0.1, -0.05) is 35.9 Å². The van der Waals surface area contributed by atoms with Gasteiger partial charge in [-0.2, -0.15) is 5.10 Å². The fourth-order valence-corrected chi connectivity index (χ4v) is 3.39. The number of halogens is 3. The molecular formula is C23H17ClF2N6O2. The fourth-order valence-electron chi connectivity index (χ4n) is 3.19. The third-order valence-electron chi connectivity index (χ3n) is 4.85. The number of pyridine rings is 1. The summed E-state index contributed by atoms with van der Waals surface area (Å²) in [6, 6.07) is 15.0. The maximum atomic E-state index is 14.3. The van der Waals surface area contributed by atoms with Gasteiger partial charge >= 0.3 is 0 Å². The predicted molar refractivity (Wildman–Crippen MR) is 124 cm³/mol. The number of benzene rings is 2. The number of anilines is 2. The van der Waals surface area contributed by atoms with Gasteiger partial charge in [-0.25, -0.2) is 18.4 Å². The third kappa shape index (κ3) is 4.44. The van der Waals surface area contributed by atoms with Crippen LogP contribution < -0.4 is 16.4 Å². The molecule has 0 aliphatic heterocycles. The second kappa shape index (κ2) is 9.28. The number of hydrogen-bond acceptors (Lipinski definition) is 5. The molecule has 0 fully saturated rings. The quantitative estimate of drug-likeness (QED) is 0.397. The first-order valence-corrected chi connectivity index (χ1v) is 10.3. The predicted octanol–water partition coefficient (Wildman–Crippen LogP) is 4.06. The van der Waals surface area contributed by atoms with Gasteiger partial charge in [-0.3, -0.25) is 9.59 Å². The Kier molecular flexibility index (Phi) is 6.24. The van der Waals surface area contributed by atoms with Gasteiger partial charge in [0.1, 0.15) is 11.5 Å². The van der Waals surface area contributed by atoms with Crippen LogP contribution in [0.15, 0.2) is 60.7 Å². The van der Waals surface area contributed by atoms with Crippen molar-refractivity contribution >= 4 is 35.1 Å². The summed E-state index contributed by atoms with van der Waals surface area (Å²) in [6.07, 6.45) is 0. The standard InChI is InChI=1S/C23H17ClF2N6O2/c1-28-23(34)18-11-19(32(31-18)13-5-3-2-4-6-13)29-22(33)14-9-12(7-8-15(14)24)20-16(25)10-17(26)21(27)30-20/h2-11H,1H3,(H2,27,30)(H,28,34)(H,29,33). The maximum absolute atomic E-state index is 14.3. The molecular weight excluding hydrogens is 466 g/mol. The molecule has 0 unspecified atom stereocenters. The summed E-state index contributed by atoms with van der Waals surface area (Å²) in [6.45, 7) is 0. The second-order valence-electron chi connectivity index (χ2n) is 7.08. The van der Waals surface area contributed by atoms with Crippen LogP contribution in [0.25, 0.3) is 16.9 Å². The number of nitrogens with one attached hydrogen (secondary N) is 2. The number of carbonyl (C=O) groups excluding carboxylic acids is 2. The largest absolute Gasteiger partial charge is 0.381 e. The summed E-state index contributed by atoms with van der Waals surface area (Å²) in [5.41, 5.74) is 6.07. The minimum atomic E-state index is -0.991. The molecule has 2 aromatic carbocycles. The summed E-state index contributed by atoms with van der Waals surface area (Å²) < 4.78 is 29.2. The summed E-state index contributed by atoms with van der Waals surface area (Å²) >= 11 is 6.23.